The van der Waals surface area contributed by atoms with Crippen LogP contribution in [0.4, 0.5) is 0 Å². The van der Waals surface area contributed by atoms with E-state index >= 15 is 0 Å². The van der Waals surface area contributed by atoms with Gasteiger partial charge >= 0.3 is 5.97 Å². The van der Waals surface area contributed by atoms with Gasteiger partial charge in [0.1, 0.15) is 10.9 Å². The highest BCUT2D eigenvalue weighted by Crippen LogP contribution is 2.51. The smallest absolute Gasteiger partial charge is 0.353 e. The van der Waals surface area contributed by atoms with Crippen molar-refractivity contribution >= 4 is 41.3 Å². The molecule has 192 valence electrons. The first kappa shape index (κ1) is 27.3. The average Bonchev–Trinajstić information content (AvgIpc) is 3.33. The van der Waals surface area contributed by atoms with Crippen LogP contribution in [0.3, 0.4) is 0 Å². The number of methoxy groups -OCH3 is 1. The Bertz CT molecular complexity index is 820. The highest BCUT2D eigenvalue weighted by atomic mass is 32.2. The summed E-state index contributed by atoms with van der Waals surface area (Å²) in [4.78, 5) is 44.4. The molecule has 3 aliphatic rings. The van der Waals surface area contributed by atoms with Crippen LogP contribution in [-0.2, 0) is 24.0 Å². The number of hydroxylamine groups is 2. The summed E-state index contributed by atoms with van der Waals surface area (Å²) in [5.41, 5.74) is 0.0622. The Kier molecular flexibility index (Phi) is 9.32. The van der Waals surface area contributed by atoms with Gasteiger partial charge in [0, 0.05) is 48.1 Å². The number of carbonyl (C=O) groups is 3. The molecule has 0 aromatic heterocycles. The number of amides is 2. The number of ether oxygens (including phenoxy) is 1. The highest BCUT2D eigenvalue weighted by molar-refractivity contribution is 8.03. The first-order valence-corrected chi connectivity index (χ1v) is 13.4. The zero-order valence-electron chi connectivity index (χ0n) is 20.2. The molecule has 2 unspecified atom stereocenters. The van der Waals surface area contributed by atoms with Gasteiger partial charge in [-0.25, -0.2) is 9.86 Å². The summed E-state index contributed by atoms with van der Waals surface area (Å²) >= 11 is 3.04. The fourth-order valence-electron chi connectivity index (χ4n) is 4.97. The number of hydrogen-bond acceptors (Lipinski definition) is 9. The van der Waals surface area contributed by atoms with Crippen molar-refractivity contribution in [2.24, 2.45) is 11.8 Å². The Morgan fingerprint density at radius 2 is 2.06 bits per heavy atom. The number of rotatable bonds is 12. The summed E-state index contributed by atoms with van der Waals surface area (Å²) in [6, 6.07) is -0.133. The number of thioether (sulfide) groups is 2. The second-order valence-corrected chi connectivity index (χ2v) is 11.4. The van der Waals surface area contributed by atoms with E-state index in [2.05, 4.69) is 5.32 Å². The summed E-state index contributed by atoms with van der Waals surface area (Å²) < 4.78 is 5.24. The third kappa shape index (κ3) is 5.26. The number of carbonyl (C=O) groups excluding carboxylic acids is 2. The van der Waals surface area contributed by atoms with Crippen LogP contribution < -0.4 is 5.32 Å². The Morgan fingerprint density at radius 3 is 2.62 bits per heavy atom. The molecule has 10 nitrogen and oxygen atoms in total. The first-order chi connectivity index (χ1) is 16.2. The normalized spacial score (nSPS) is 30.2. The van der Waals surface area contributed by atoms with Gasteiger partial charge in [-0.15, -0.1) is 23.5 Å². The lowest BCUT2D eigenvalue weighted by molar-refractivity contribution is -0.174. The van der Waals surface area contributed by atoms with Crippen LogP contribution in [-0.4, -0.2) is 106 Å². The molecule has 34 heavy (non-hydrogen) atoms. The molecule has 0 spiro atoms. The van der Waals surface area contributed by atoms with E-state index in [1.165, 1.54) is 40.6 Å². The lowest BCUT2D eigenvalue weighted by Crippen LogP contribution is -2.63. The monoisotopic (exact) mass is 517 g/mol. The van der Waals surface area contributed by atoms with Gasteiger partial charge in [-0.3, -0.25) is 14.4 Å². The topological polar surface area (TPSA) is 129 Å². The summed E-state index contributed by atoms with van der Waals surface area (Å²) in [6.07, 6.45) is 0.00386. The van der Waals surface area contributed by atoms with Crippen molar-refractivity contribution in [3.05, 3.63) is 10.6 Å². The molecule has 12 heteroatoms. The third-order valence-electron chi connectivity index (χ3n) is 6.63. The third-order valence-corrected chi connectivity index (χ3v) is 9.48. The first-order valence-electron chi connectivity index (χ1n) is 11.5. The van der Waals surface area contributed by atoms with Crippen molar-refractivity contribution in [3.63, 3.8) is 0 Å². The van der Waals surface area contributed by atoms with Gasteiger partial charge in [0.2, 0.25) is 5.91 Å². The van der Waals surface area contributed by atoms with Crippen LogP contribution in [0.15, 0.2) is 10.6 Å². The quantitative estimate of drug-likeness (QED) is 0.252. The van der Waals surface area contributed by atoms with E-state index in [1.54, 1.807) is 14.0 Å². The van der Waals surface area contributed by atoms with E-state index in [0.717, 1.165) is 6.42 Å². The Balaban J connectivity index is 1.61. The number of aliphatic hydroxyl groups excluding tert-OH is 1. The molecule has 3 N–H and O–H groups in total. The van der Waals surface area contributed by atoms with Gasteiger partial charge < -0.3 is 25.2 Å². The molecular weight excluding hydrogens is 482 g/mol. The van der Waals surface area contributed by atoms with Crippen LogP contribution in [0.2, 0.25) is 0 Å². The van der Waals surface area contributed by atoms with E-state index in [0.29, 0.717) is 23.7 Å². The maximum atomic E-state index is 12.7. The van der Waals surface area contributed by atoms with Gasteiger partial charge in [-0.2, -0.15) is 0 Å². The van der Waals surface area contributed by atoms with E-state index < -0.39 is 18.0 Å². The summed E-state index contributed by atoms with van der Waals surface area (Å²) in [5, 5.41) is 24.4. The van der Waals surface area contributed by atoms with Crippen LogP contribution in [0.1, 0.15) is 27.2 Å². The van der Waals surface area contributed by atoms with Crippen molar-refractivity contribution in [1.82, 2.24) is 15.3 Å². The molecule has 7 atom stereocenters. The molecule has 2 saturated heterocycles. The number of fused-ring (bicyclic) bond motifs is 1. The predicted octanol–water partition coefficient (Wildman–Crippen LogP) is 0.762. The zero-order valence-corrected chi connectivity index (χ0v) is 21.9. The average molecular weight is 518 g/mol. The molecule has 3 heterocycles. The maximum Gasteiger partial charge on any atom is 0.353 e. The standard InChI is InChI=1S/C22H35N3O7S2/c1-6-24(32-5)20(27)15(9-31-4)33-10-13-7-14(8-23-13)34-19-11(2)17-16(12(3)26)21(28)25(17)18(19)22(29)30/h11-17,23,26H,6-10H2,1-5H3,(H,29,30)/t11-,12?,13+,14+,15?,16+,17-/m1/s1. The second-order valence-electron chi connectivity index (χ2n) is 8.85. The molecule has 0 aromatic carbocycles. The number of nitrogens with one attached hydrogen (secondary N) is 1. The molecule has 0 saturated carbocycles. The van der Waals surface area contributed by atoms with E-state index in [-0.39, 0.29) is 52.6 Å². The van der Waals surface area contributed by atoms with Crippen molar-refractivity contribution in [1.29, 1.82) is 0 Å². The molecule has 0 radical (unpaired) electrons. The minimum Gasteiger partial charge on any atom is -0.477 e. The van der Waals surface area contributed by atoms with Crippen LogP contribution in [0.25, 0.3) is 0 Å². The van der Waals surface area contributed by atoms with Crippen LogP contribution in [0, 0.1) is 11.8 Å². The Hall–Kier alpha value is -1.31. The lowest BCUT2D eigenvalue weighted by atomic mass is 9.79. The number of aliphatic carboxylic acids is 1. The number of nitrogens with zero attached hydrogens (tertiary/aromatic N) is 2. The van der Waals surface area contributed by atoms with E-state index in [4.69, 9.17) is 9.57 Å². The summed E-state index contributed by atoms with van der Waals surface area (Å²) in [7, 11) is 3.04. The van der Waals surface area contributed by atoms with Gasteiger partial charge in [0.25, 0.3) is 5.91 Å². The predicted molar refractivity (Wildman–Crippen MR) is 130 cm³/mol. The molecule has 3 rings (SSSR count). The molecule has 3 aliphatic heterocycles. The molecule has 2 amide bonds. The van der Waals surface area contributed by atoms with E-state index in [9.17, 15) is 24.6 Å². The zero-order chi connectivity index (χ0) is 25.2. The molecular formula is C22H35N3O7S2. The molecule has 2 fully saturated rings. The minimum atomic E-state index is -1.10. The number of carboxylic acids is 1. The maximum absolute atomic E-state index is 12.7. The van der Waals surface area contributed by atoms with Crippen molar-refractivity contribution in [2.75, 3.05) is 39.7 Å². The summed E-state index contributed by atoms with van der Waals surface area (Å²) in [5.74, 6) is -1.54. The summed E-state index contributed by atoms with van der Waals surface area (Å²) in [6.45, 7) is 6.81. The van der Waals surface area contributed by atoms with Crippen molar-refractivity contribution < 1.29 is 34.2 Å². The van der Waals surface area contributed by atoms with Crippen molar-refractivity contribution in [2.45, 2.75) is 55.9 Å². The second kappa shape index (κ2) is 11.6. The lowest BCUT2D eigenvalue weighted by Gasteiger charge is -2.46. The Morgan fingerprint density at radius 1 is 1.35 bits per heavy atom. The fourth-order valence-corrected chi connectivity index (χ4v) is 7.70. The number of hydrogen-bond donors (Lipinski definition) is 3. The number of aliphatic hydroxyl groups is 1. The largest absolute Gasteiger partial charge is 0.477 e. The van der Waals surface area contributed by atoms with Gasteiger partial charge in [0.15, 0.2) is 0 Å². The molecule has 0 aromatic rings. The van der Waals surface area contributed by atoms with Crippen LogP contribution in [0.5, 0.6) is 0 Å². The number of carboxylic acid groups (broad SMARTS) is 1. The highest BCUT2D eigenvalue weighted by Gasteiger charge is 2.60. The van der Waals surface area contributed by atoms with Gasteiger partial charge in [0.05, 0.1) is 31.8 Å². The SMILES string of the molecule is CCN(OC)C(=O)C(COC)SC[C@@H]1C[C@H](SC2=C(C(=O)O)N3C(=O)[C@@H](C(C)O)[C@H]3[C@H]2C)CN1. The number of β-lactam (4-membered cyclic amide) rings is 1. The van der Waals surface area contributed by atoms with Gasteiger partial charge in [-0.1, -0.05) is 6.92 Å². The fraction of sp³-hybridized carbons (Fsp3) is 0.773. The van der Waals surface area contributed by atoms with Crippen molar-refractivity contribution in [3.8, 4) is 0 Å². The minimum absolute atomic E-state index is 0.0622. The van der Waals surface area contributed by atoms with Gasteiger partial charge in [-0.05, 0) is 20.3 Å². The van der Waals surface area contributed by atoms with Crippen LogP contribution >= 0.6 is 23.5 Å². The van der Waals surface area contributed by atoms with E-state index in [1.807, 2.05) is 13.8 Å². The molecule has 0 bridgehead atoms. The Labute approximate surface area is 208 Å². The molecule has 0 aliphatic carbocycles.